The third kappa shape index (κ3) is 8.67. The molecule has 0 spiro atoms. The summed E-state index contributed by atoms with van der Waals surface area (Å²) >= 11 is 0. The Morgan fingerprint density at radius 2 is 1.77 bits per heavy atom. The number of anilines is 1. The van der Waals surface area contributed by atoms with Crippen molar-refractivity contribution >= 4 is 35.0 Å². The molecule has 1 fully saturated rings. The van der Waals surface area contributed by atoms with E-state index in [1.54, 1.807) is 31.3 Å². The van der Waals surface area contributed by atoms with Crippen LogP contribution in [0.15, 0.2) is 24.3 Å². The number of carbonyl (C=O) groups excluding carboxylic acids is 5. The normalized spacial score (nSPS) is 15.0. The van der Waals surface area contributed by atoms with Gasteiger partial charge < -0.3 is 20.7 Å². The lowest BCUT2D eigenvalue weighted by molar-refractivity contribution is -0.138. The zero-order valence-electron chi connectivity index (χ0n) is 17.7. The predicted molar refractivity (Wildman–Crippen MR) is 113 cm³/mol. The highest BCUT2D eigenvalue weighted by molar-refractivity contribution is 6.07. The molecule has 1 aliphatic carbocycles. The SMILES string of the molecule is CNC(=O)CCCOCCNC(=O)CC(=O)Nc1ccc(CC(=O)C2CCC2=O)cc1. The van der Waals surface area contributed by atoms with Gasteiger partial charge in [0.05, 0.1) is 12.5 Å². The van der Waals surface area contributed by atoms with Crippen molar-refractivity contribution in [1.29, 1.82) is 0 Å². The lowest BCUT2D eigenvalue weighted by Gasteiger charge is -2.22. The van der Waals surface area contributed by atoms with Crippen molar-refractivity contribution in [3.63, 3.8) is 0 Å². The maximum atomic E-state index is 12.0. The molecule has 0 bridgehead atoms. The Bertz CT molecular complexity index is 806. The fourth-order valence-electron chi connectivity index (χ4n) is 3.02. The first-order valence-corrected chi connectivity index (χ1v) is 10.4. The van der Waals surface area contributed by atoms with Gasteiger partial charge in [0.1, 0.15) is 18.0 Å². The molecule has 2 rings (SSSR count). The van der Waals surface area contributed by atoms with E-state index in [0.29, 0.717) is 44.6 Å². The van der Waals surface area contributed by atoms with Crippen molar-refractivity contribution in [2.75, 3.05) is 32.1 Å². The van der Waals surface area contributed by atoms with Crippen molar-refractivity contribution in [2.24, 2.45) is 5.92 Å². The lowest BCUT2D eigenvalue weighted by Crippen LogP contribution is -2.34. The number of hydrogen-bond donors (Lipinski definition) is 3. The van der Waals surface area contributed by atoms with Crippen LogP contribution in [0.3, 0.4) is 0 Å². The van der Waals surface area contributed by atoms with Gasteiger partial charge in [0.25, 0.3) is 0 Å². The molecule has 9 nitrogen and oxygen atoms in total. The predicted octanol–water partition coefficient (Wildman–Crippen LogP) is 0.765. The van der Waals surface area contributed by atoms with Gasteiger partial charge in [0, 0.05) is 45.1 Å². The average Bonchev–Trinajstić information content (AvgIpc) is 2.72. The number of Topliss-reactive ketones (excluding diaryl/α,β-unsaturated/α-hetero) is 2. The molecule has 1 aromatic carbocycles. The van der Waals surface area contributed by atoms with Crippen LogP contribution >= 0.6 is 0 Å². The molecular weight excluding hydrogens is 402 g/mol. The molecule has 168 valence electrons. The number of rotatable bonds is 13. The third-order valence-electron chi connectivity index (χ3n) is 4.93. The summed E-state index contributed by atoms with van der Waals surface area (Å²) in [5, 5.41) is 7.75. The molecule has 0 radical (unpaired) electrons. The fraction of sp³-hybridized carbons (Fsp3) is 0.500. The van der Waals surface area contributed by atoms with Crippen LogP contribution in [0.1, 0.15) is 37.7 Å². The summed E-state index contributed by atoms with van der Waals surface area (Å²) in [4.78, 5) is 58.2. The first-order chi connectivity index (χ1) is 14.9. The number of ether oxygens (including phenoxy) is 1. The van der Waals surface area contributed by atoms with Crippen LogP contribution in [0, 0.1) is 5.92 Å². The standard InChI is InChI=1S/C22H29N3O6/c1-23-20(28)3-2-11-31-12-10-24-21(29)14-22(30)25-16-6-4-15(5-7-16)13-19(27)17-8-9-18(17)26/h4-7,17H,2-3,8-14H2,1H3,(H,23,28)(H,24,29)(H,25,30). The molecule has 0 aromatic heterocycles. The second-order valence-corrected chi connectivity index (χ2v) is 7.36. The maximum absolute atomic E-state index is 12.0. The zero-order chi connectivity index (χ0) is 22.6. The molecule has 3 N–H and O–H groups in total. The highest BCUT2D eigenvalue weighted by atomic mass is 16.5. The van der Waals surface area contributed by atoms with Gasteiger partial charge in [-0.05, 0) is 30.5 Å². The largest absolute Gasteiger partial charge is 0.380 e. The van der Waals surface area contributed by atoms with Gasteiger partial charge in [0.2, 0.25) is 17.7 Å². The van der Waals surface area contributed by atoms with Crippen LogP contribution in [0.4, 0.5) is 5.69 Å². The molecule has 1 atom stereocenters. The smallest absolute Gasteiger partial charge is 0.233 e. The Morgan fingerprint density at radius 3 is 2.39 bits per heavy atom. The average molecular weight is 431 g/mol. The Kier molecular flexibility index (Phi) is 9.83. The molecule has 31 heavy (non-hydrogen) atoms. The minimum atomic E-state index is -0.453. The fourth-order valence-corrected chi connectivity index (χ4v) is 3.02. The Hall–Kier alpha value is -3.07. The third-order valence-corrected chi connectivity index (χ3v) is 4.93. The van der Waals surface area contributed by atoms with E-state index in [-0.39, 0.29) is 36.9 Å². The molecule has 1 aliphatic rings. The second kappa shape index (κ2) is 12.6. The summed E-state index contributed by atoms with van der Waals surface area (Å²) in [6.45, 7) is 0.994. The molecule has 1 saturated carbocycles. The molecule has 0 heterocycles. The monoisotopic (exact) mass is 431 g/mol. The van der Waals surface area contributed by atoms with Crippen molar-refractivity contribution in [3.8, 4) is 0 Å². The van der Waals surface area contributed by atoms with Crippen LogP contribution in [-0.2, 0) is 35.1 Å². The highest BCUT2D eigenvalue weighted by Crippen LogP contribution is 2.24. The van der Waals surface area contributed by atoms with Gasteiger partial charge in [-0.1, -0.05) is 12.1 Å². The lowest BCUT2D eigenvalue weighted by atomic mass is 9.79. The van der Waals surface area contributed by atoms with E-state index in [2.05, 4.69) is 16.0 Å². The van der Waals surface area contributed by atoms with Crippen molar-refractivity contribution in [3.05, 3.63) is 29.8 Å². The van der Waals surface area contributed by atoms with Gasteiger partial charge in [-0.3, -0.25) is 24.0 Å². The topological polar surface area (TPSA) is 131 Å². The summed E-state index contributed by atoms with van der Waals surface area (Å²) in [6, 6.07) is 6.76. The first kappa shape index (κ1) is 24.2. The number of nitrogens with one attached hydrogen (secondary N) is 3. The zero-order valence-corrected chi connectivity index (χ0v) is 17.7. The van der Waals surface area contributed by atoms with E-state index in [1.165, 1.54) is 0 Å². The first-order valence-electron chi connectivity index (χ1n) is 10.4. The molecule has 1 unspecified atom stereocenters. The number of benzene rings is 1. The van der Waals surface area contributed by atoms with Crippen LogP contribution in [0.2, 0.25) is 0 Å². The Balaban J connectivity index is 1.59. The molecule has 0 aliphatic heterocycles. The van der Waals surface area contributed by atoms with E-state index >= 15 is 0 Å². The number of carbonyl (C=O) groups is 5. The van der Waals surface area contributed by atoms with E-state index in [1.807, 2.05) is 0 Å². The van der Waals surface area contributed by atoms with Gasteiger partial charge in [-0.25, -0.2) is 0 Å². The van der Waals surface area contributed by atoms with Crippen LogP contribution in [-0.4, -0.2) is 56.1 Å². The number of amides is 3. The molecule has 3 amide bonds. The number of ketones is 2. The quantitative estimate of drug-likeness (QED) is 0.312. The molecule has 1 aromatic rings. The summed E-state index contributed by atoms with van der Waals surface area (Å²) in [6.07, 6.45) is 1.99. The van der Waals surface area contributed by atoms with Gasteiger partial charge in [-0.2, -0.15) is 0 Å². The van der Waals surface area contributed by atoms with Crippen LogP contribution in [0.5, 0.6) is 0 Å². The number of hydrogen-bond acceptors (Lipinski definition) is 6. The minimum absolute atomic E-state index is 0.0136. The summed E-state index contributed by atoms with van der Waals surface area (Å²) in [5.74, 6) is -1.42. The minimum Gasteiger partial charge on any atom is -0.380 e. The Morgan fingerprint density at radius 1 is 1.03 bits per heavy atom. The summed E-state index contributed by atoms with van der Waals surface area (Å²) < 4.78 is 5.31. The van der Waals surface area contributed by atoms with Crippen LogP contribution in [0.25, 0.3) is 0 Å². The van der Waals surface area contributed by atoms with Crippen LogP contribution < -0.4 is 16.0 Å². The van der Waals surface area contributed by atoms with Gasteiger partial charge >= 0.3 is 0 Å². The maximum Gasteiger partial charge on any atom is 0.233 e. The van der Waals surface area contributed by atoms with E-state index in [4.69, 9.17) is 4.74 Å². The van der Waals surface area contributed by atoms with Gasteiger partial charge in [-0.15, -0.1) is 0 Å². The van der Waals surface area contributed by atoms with E-state index < -0.39 is 17.7 Å². The summed E-state index contributed by atoms with van der Waals surface area (Å²) in [7, 11) is 1.58. The van der Waals surface area contributed by atoms with Crippen molar-refractivity contribution in [2.45, 2.75) is 38.5 Å². The van der Waals surface area contributed by atoms with Crippen molar-refractivity contribution < 1.29 is 28.7 Å². The second-order valence-electron chi connectivity index (χ2n) is 7.36. The molecule has 9 heteroatoms. The van der Waals surface area contributed by atoms with E-state index in [0.717, 1.165) is 5.56 Å². The molecular formula is C22H29N3O6. The van der Waals surface area contributed by atoms with Crippen molar-refractivity contribution in [1.82, 2.24) is 10.6 Å². The van der Waals surface area contributed by atoms with Gasteiger partial charge in [0.15, 0.2) is 0 Å². The Labute approximate surface area is 181 Å². The molecule has 0 saturated heterocycles. The van der Waals surface area contributed by atoms with E-state index in [9.17, 15) is 24.0 Å². The summed E-state index contributed by atoms with van der Waals surface area (Å²) in [5.41, 5.74) is 1.30. The highest BCUT2D eigenvalue weighted by Gasteiger charge is 2.33.